The maximum Gasteiger partial charge on any atom is 0.534 e. The molecule has 0 saturated heterocycles. The van der Waals surface area contributed by atoms with Crippen molar-refractivity contribution in [1.29, 1.82) is 0 Å². The molecule has 0 aliphatic carbocycles. The Morgan fingerprint density at radius 2 is 0.661 bits per heavy atom. The van der Waals surface area contributed by atoms with Crippen LogP contribution in [0.1, 0.15) is 0 Å². The third kappa shape index (κ3) is 7.90. The molecule has 0 aromatic heterocycles. The summed E-state index contributed by atoms with van der Waals surface area (Å²) < 4.78 is 325. The van der Waals surface area contributed by atoms with Crippen LogP contribution in [-0.4, -0.2) is 70.7 Å². The van der Waals surface area contributed by atoms with E-state index in [9.17, 15) is 86.4 Å². The molecule has 0 atom stereocenters. The molecule has 32 heteroatoms. The van der Waals surface area contributed by atoms with Crippen LogP contribution in [0.2, 0.25) is 0 Å². The van der Waals surface area contributed by atoms with Gasteiger partial charge in [0.05, 0.1) is 0 Å². The number of rotatable bonds is 12. The minimum atomic E-state index is -8.69. The Kier molecular flexibility index (Phi) is 11.9. The molecular formula is C24H13F16NO10S5. The lowest BCUT2D eigenvalue weighted by Gasteiger charge is -2.48. The fourth-order valence-corrected chi connectivity index (χ4v) is 14.8. The summed E-state index contributed by atoms with van der Waals surface area (Å²) in [6, 6.07) is 2.06. The summed E-state index contributed by atoms with van der Waals surface area (Å²) in [5.74, 6) is -3.10. The summed E-state index contributed by atoms with van der Waals surface area (Å²) >= 11 is 0. The van der Waals surface area contributed by atoms with Crippen molar-refractivity contribution in [1.82, 2.24) is 3.12 Å². The number of hydrogen-bond acceptors (Lipinski definition) is 10. The Hall–Kier alpha value is -3.75. The van der Waals surface area contributed by atoms with Gasteiger partial charge in [-0.3, -0.25) is 0 Å². The van der Waals surface area contributed by atoms with Crippen molar-refractivity contribution >= 4 is 50.5 Å². The molecule has 0 amide bonds. The highest BCUT2D eigenvalue weighted by Gasteiger charge is 2.79. The second-order valence-corrected chi connectivity index (χ2v) is 20.4. The minimum absolute atomic E-state index is 0.0715. The molecule has 56 heavy (non-hydrogen) atoms. The van der Waals surface area contributed by atoms with Crippen LogP contribution in [0.5, 0.6) is 11.5 Å². The van der Waals surface area contributed by atoms with Crippen molar-refractivity contribution in [3.63, 3.8) is 0 Å². The molecule has 0 heterocycles. The first-order chi connectivity index (χ1) is 24.8. The second kappa shape index (κ2) is 14.3. The number of sulfonamides is 2. The molecular weight excluding hydrogens is 927 g/mol. The second-order valence-electron chi connectivity index (χ2n) is 10.0. The van der Waals surface area contributed by atoms with Crippen molar-refractivity contribution in [3.8, 4) is 11.5 Å². The number of benzene rings is 3. The van der Waals surface area contributed by atoms with Gasteiger partial charge >= 0.3 is 74.2 Å². The van der Waals surface area contributed by atoms with E-state index in [2.05, 4.69) is 8.37 Å². The highest BCUT2D eigenvalue weighted by atomic mass is 32.4. The number of hydrogen-bond donors (Lipinski definition) is 0. The fourth-order valence-electron chi connectivity index (χ4n) is 3.92. The highest BCUT2D eigenvalue weighted by molar-refractivity contribution is 8.41. The van der Waals surface area contributed by atoms with Gasteiger partial charge in [0.2, 0.25) is 0 Å². The van der Waals surface area contributed by atoms with Gasteiger partial charge in [-0.25, -0.2) is 16.8 Å². The van der Waals surface area contributed by atoms with E-state index in [0.29, 0.717) is 24.3 Å². The van der Waals surface area contributed by atoms with Gasteiger partial charge < -0.3 is 8.37 Å². The van der Waals surface area contributed by atoms with Crippen LogP contribution >= 0.6 is 10.2 Å². The lowest BCUT2D eigenvalue weighted by atomic mass is 10.3. The molecule has 11 nitrogen and oxygen atoms in total. The molecule has 3 aromatic rings. The fraction of sp³-hybridized carbons (Fsp3) is 0.250. The molecule has 0 N–H and O–H groups in total. The van der Waals surface area contributed by atoms with E-state index < -0.39 is 114 Å². The topological polar surface area (TPSA) is 158 Å². The quantitative estimate of drug-likeness (QED) is 0.101. The first-order valence-corrected chi connectivity index (χ1v) is 20.4. The van der Waals surface area contributed by atoms with Crippen LogP contribution in [0.15, 0.2) is 93.5 Å². The van der Waals surface area contributed by atoms with Crippen LogP contribution in [0, 0.1) is 0 Å². The van der Waals surface area contributed by atoms with Gasteiger partial charge in [-0.1, -0.05) is 28.4 Å². The van der Waals surface area contributed by atoms with Gasteiger partial charge in [0, 0.05) is 14.7 Å². The van der Waals surface area contributed by atoms with E-state index in [0.717, 1.165) is 6.07 Å². The Morgan fingerprint density at radius 3 is 0.911 bits per heavy atom. The predicted molar refractivity (Wildman–Crippen MR) is 155 cm³/mol. The largest absolute Gasteiger partial charge is 0.534 e. The first kappa shape index (κ1) is 46.6. The Balaban J connectivity index is 2.74. The maximum absolute atomic E-state index is 15.1. The van der Waals surface area contributed by atoms with Crippen molar-refractivity contribution in [2.24, 2.45) is 0 Å². The van der Waals surface area contributed by atoms with Gasteiger partial charge in [-0.2, -0.15) is 87.1 Å². The van der Waals surface area contributed by atoms with Gasteiger partial charge in [0.1, 0.15) is 11.5 Å². The number of alkyl halides is 16. The zero-order chi connectivity index (χ0) is 43.6. The third-order valence-electron chi connectivity index (χ3n) is 6.32. The average Bonchev–Trinajstić information content (AvgIpc) is 3.02. The van der Waals surface area contributed by atoms with Gasteiger partial charge in [0.25, 0.3) is 0 Å². The molecule has 3 aromatic carbocycles. The number of halogens is 16. The van der Waals surface area contributed by atoms with Gasteiger partial charge in [0.15, 0.2) is 0 Å². The molecule has 0 fully saturated rings. The molecule has 0 radical (unpaired) electrons. The molecule has 316 valence electrons. The molecule has 3 rings (SSSR count). The summed E-state index contributed by atoms with van der Waals surface area (Å²) in [7, 11) is -36.8. The smallest absolute Gasteiger partial charge is 0.376 e. The van der Waals surface area contributed by atoms with E-state index in [-0.39, 0.29) is 48.5 Å². The van der Waals surface area contributed by atoms with E-state index in [1.807, 2.05) is 0 Å². The van der Waals surface area contributed by atoms with E-state index in [1.165, 1.54) is 0 Å². The monoisotopic (exact) mass is 939 g/mol. The SMILES string of the molecule is O=S(=O)(Oc1ccc(S(c2ccccc2)(c2ccc(OS(=O)(=O)C(F)(F)F)cc2)N(S(=O)(=O)C(F)(F)C(F)(F)F)S(=O)(=O)C(F)(F)C(F)(F)F)cc1)C(F)(F)F. The highest BCUT2D eigenvalue weighted by Crippen LogP contribution is 2.75. The molecule has 0 aliphatic rings. The van der Waals surface area contributed by atoms with Crippen LogP contribution < -0.4 is 8.37 Å². The summed E-state index contributed by atoms with van der Waals surface area (Å²) in [6.45, 7) is 0. The van der Waals surface area contributed by atoms with E-state index in [1.54, 1.807) is 0 Å². The van der Waals surface area contributed by atoms with E-state index >= 15 is 17.6 Å². The van der Waals surface area contributed by atoms with Gasteiger partial charge in [-0.15, -0.1) is 0 Å². The van der Waals surface area contributed by atoms with Crippen molar-refractivity contribution in [2.75, 3.05) is 0 Å². The van der Waals surface area contributed by atoms with Crippen LogP contribution in [-0.2, 0) is 40.3 Å². The van der Waals surface area contributed by atoms with Crippen molar-refractivity contribution < 1.29 is 112 Å². The summed E-state index contributed by atoms with van der Waals surface area (Å²) in [6.07, 6.45) is -15.2. The zero-order valence-corrected chi connectivity index (χ0v) is 29.7. The molecule has 0 spiro atoms. The van der Waals surface area contributed by atoms with Gasteiger partial charge in [-0.05, 0) is 63.8 Å². The number of nitrogens with zero attached hydrogens (tertiary/aromatic N) is 1. The summed E-state index contributed by atoms with van der Waals surface area (Å²) in [5, 5.41) is -15.3. The maximum atomic E-state index is 15.1. The van der Waals surface area contributed by atoms with Crippen LogP contribution in [0.3, 0.4) is 0 Å². The Bertz CT molecular complexity index is 2220. The van der Waals surface area contributed by atoms with Crippen molar-refractivity contribution in [2.45, 2.75) is 48.6 Å². The lowest BCUT2D eigenvalue weighted by molar-refractivity contribution is -0.243. The van der Waals surface area contributed by atoms with E-state index in [4.69, 9.17) is 0 Å². The minimum Gasteiger partial charge on any atom is -0.376 e. The normalized spacial score (nSPS) is 15.1. The molecule has 0 unspecified atom stereocenters. The standard InChI is InChI=1S/C24H13F16NO10S5/c25-19(26,27)21(31,32)53(42,43)41(54(44,45)22(33,34)20(28,29)30)52(16-4-2-1-3-5-16,17-10-6-14(7-11-17)50-55(46,47)23(35,36)37)18-12-8-15(9-13-18)51-56(48,49)24(38,39)40/h1-13H. The van der Waals surface area contributed by atoms with Crippen molar-refractivity contribution in [3.05, 3.63) is 78.9 Å². The first-order valence-electron chi connectivity index (χ1n) is 13.1. The summed E-state index contributed by atoms with van der Waals surface area (Å²) in [4.78, 5) is -4.75. The molecule has 0 saturated carbocycles. The summed E-state index contributed by atoms with van der Waals surface area (Å²) in [5.41, 5.74) is -12.4. The Morgan fingerprint density at radius 1 is 0.393 bits per heavy atom. The average molecular weight is 940 g/mol. The molecule has 0 bridgehead atoms. The third-order valence-corrected chi connectivity index (χ3v) is 17.8. The Labute approximate surface area is 304 Å². The van der Waals surface area contributed by atoms with Crippen LogP contribution in [0.25, 0.3) is 0 Å². The lowest BCUT2D eigenvalue weighted by Crippen LogP contribution is -2.59. The predicted octanol–water partition coefficient (Wildman–Crippen LogP) is 7.61. The van der Waals surface area contributed by atoms with Crippen LogP contribution in [0.4, 0.5) is 70.2 Å². The molecule has 0 aliphatic heterocycles. The zero-order valence-electron chi connectivity index (χ0n) is 25.6.